The lowest BCUT2D eigenvalue weighted by molar-refractivity contribution is -0.121. The van der Waals surface area contributed by atoms with Crippen molar-refractivity contribution in [3.63, 3.8) is 0 Å². The molecule has 1 aromatic rings. The molecule has 21 heavy (non-hydrogen) atoms. The first kappa shape index (κ1) is 17.1. The topological polar surface area (TPSA) is 67.4 Å². The van der Waals surface area contributed by atoms with E-state index in [0.717, 1.165) is 6.07 Å². The molecule has 5 nitrogen and oxygen atoms in total. The van der Waals surface area contributed by atoms with Crippen LogP contribution in [0.1, 0.15) is 30.1 Å². The van der Waals surface area contributed by atoms with Crippen LogP contribution in [0.5, 0.6) is 5.75 Å². The van der Waals surface area contributed by atoms with Crippen molar-refractivity contribution < 1.29 is 18.7 Å². The van der Waals surface area contributed by atoms with Crippen LogP contribution in [0.4, 0.5) is 4.39 Å². The van der Waals surface area contributed by atoms with Gasteiger partial charge in [-0.2, -0.15) is 0 Å². The summed E-state index contributed by atoms with van der Waals surface area (Å²) in [5.74, 6) is -0.964. The van der Waals surface area contributed by atoms with Gasteiger partial charge in [-0.1, -0.05) is 0 Å². The van der Waals surface area contributed by atoms with Gasteiger partial charge in [-0.25, -0.2) is 4.39 Å². The third-order valence-electron chi connectivity index (χ3n) is 3.15. The number of nitrogens with one attached hydrogen (secondary N) is 2. The highest BCUT2D eigenvalue weighted by Gasteiger charge is 2.12. The maximum atomic E-state index is 13.5. The molecule has 0 aromatic heterocycles. The molecule has 0 radical (unpaired) electrons. The molecule has 0 aliphatic heterocycles. The fourth-order valence-electron chi connectivity index (χ4n) is 1.67. The molecule has 0 saturated carbocycles. The Labute approximate surface area is 123 Å². The molecule has 1 aromatic carbocycles. The molecular weight excluding hydrogens is 275 g/mol. The Balaban J connectivity index is 2.46. The summed E-state index contributed by atoms with van der Waals surface area (Å²) in [7, 11) is 3.16. The van der Waals surface area contributed by atoms with E-state index >= 15 is 0 Å². The van der Waals surface area contributed by atoms with Gasteiger partial charge in [-0.3, -0.25) is 9.59 Å². The number of benzene rings is 1. The first-order chi connectivity index (χ1) is 9.97. The summed E-state index contributed by atoms with van der Waals surface area (Å²) in [4.78, 5) is 23.5. The summed E-state index contributed by atoms with van der Waals surface area (Å²) in [5, 5.41) is 5.71. The van der Waals surface area contributed by atoms with E-state index in [9.17, 15) is 14.0 Å². The van der Waals surface area contributed by atoms with Crippen LogP contribution in [-0.2, 0) is 4.79 Å². The van der Waals surface area contributed by atoms with Crippen molar-refractivity contribution >= 4 is 11.7 Å². The molecule has 0 heterocycles. The second-order valence-electron chi connectivity index (χ2n) is 4.77. The van der Waals surface area contributed by atoms with Crippen molar-refractivity contribution in [3.8, 4) is 5.75 Å². The Hall–Kier alpha value is -1.95. The molecule has 0 bridgehead atoms. The Morgan fingerprint density at radius 3 is 2.62 bits per heavy atom. The van der Waals surface area contributed by atoms with Crippen LogP contribution in [0, 0.1) is 5.82 Å². The molecule has 2 N–H and O–H groups in total. The molecule has 1 unspecified atom stereocenters. The number of methoxy groups -OCH3 is 1. The third kappa shape index (κ3) is 5.51. The average Bonchev–Trinajstić information content (AvgIpc) is 2.49. The van der Waals surface area contributed by atoms with Crippen molar-refractivity contribution in [2.75, 3.05) is 20.7 Å². The second-order valence-corrected chi connectivity index (χ2v) is 4.77. The number of ether oxygens (including phenoxy) is 1. The van der Waals surface area contributed by atoms with Crippen molar-refractivity contribution in [1.82, 2.24) is 10.6 Å². The van der Waals surface area contributed by atoms with E-state index in [-0.39, 0.29) is 41.9 Å². The van der Waals surface area contributed by atoms with E-state index in [0.29, 0.717) is 6.54 Å². The molecule has 6 heteroatoms. The number of halogens is 1. The molecule has 0 spiro atoms. The normalized spacial score (nSPS) is 11.8. The monoisotopic (exact) mass is 296 g/mol. The van der Waals surface area contributed by atoms with Gasteiger partial charge in [0.15, 0.2) is 17.3 Å². The van der Waals surface area contributed by atoms with Gasteiger partial charge in [0.25, 0.3) is 0 Å². The van der Waals surface area contributed by atoms with E-state index in [4.69, 9.17) is 4.74 Å². The van der Waals surface area contributed by atoms with Gasteiger partial charge in [-0.05, 0) is 32.2 Å². The summed E-state index contributed by atoms with van der Waals surface area (Å²) >= 11 is 0. The molecule has 1 rings (SSSR count). The van der Waals surface area contributed by atoms with Gasteiger partial charge in [0.05, 0.1) is 7.11 Å². The fourth-order valence-corrected chi connectivity index (χ4v) is 1.67. The molecule has 0 fully saturated rings. The molecule has 116 valence electrons. The summed E-state index contributed by atoms with van der Waals surface area (Å²) in [6.07, 6.45) is 0.133. The number of Topliss-reactive ketones (excluding diaryl/α,β-unsaturated/α-hetero) is 1. The number of hydrogen-bond donors (Lipinski definition) is 2. The number of carbonyl (C=O) groups is 2. The van der Waals surface area contributed by atoms with E-state index < -0.39 is 5.82 Å². The maximum Gasteiger partial charge on any atom is 0.220 e. The minimum atomic E-state index is -0.587. The Morgan fingerprint density at radius 1 is 1.33 bits per heavy atom. The molecule has 0 aliphatic rings. The number of ketones is 1. The number of rotatable bonds is 8. The van der Waals surface area contributed by atoms with Crippen LogP contribution < -0.4 is 15.4 Å². The highest BCUT2D eigenvalue weighted by atomic mass is 19.1. The Bertz CT molecular complexity index is 506. The van der Waals surface area contributed by atoms with Crippen molar-refractivity contribution in [2.45, 2.75) is 25.8 Å². The summed E-state index contributed by atoms with van der Waals surface area (Å²) in [5.41, 5.74) is 0.240. The van der Waals surface area contributed by atoms with Crippen molar-refractivity contribution in [1.29, 1.82) is 0 Å². The maximum absolute atomic E-state index is 13.5. The van der Waals surface area contributed by atoms with Crippen LogP contribution in [0.3, 0.4) is 0 Å². The quantitative estimate of drug-likeness (QED) is 0.714. The standard InChI is InChI=1S/C15H21FN2O3/c1-10(17-2)9-18-15(20)7-5-13(19)11-4-6-14(21-3)12(16)8-11/h4,6,8,10,17H,5,7,9H2,1-3H3,(H,18,20). The summed E-state index contributed by atoms with van der Waals surface area (Å²) in [6, 6.07) is 4.19. The first-order valence-corrected chi connectivity index (χ1v) is 6.78. The van der Waals surface area contributed by atoms with Gasteiger partial charge in [0.2, 0.25) is 5.91 Å². The lowest BCUT2D eigenvalue weighted by Crippen LogP contribution is -2.37. The molecule has 0 saturated heterocycles. The van der Waals surface area contributed by atoms with E-state index in [1.54, 1.807) is 7.05 Å². The van der Waals surface area contributed by atoms with Gasteiger partial charge in [-0.15, -0.1) is 0 Å². The molecule has 1 atom stereocenters. The predicted octanol–water partition coefficient (Wildman–Crippen LogP) is 1.52. The largest absolute Gasteiger partial charge is 0.494 e. The van der Waals surface area contributed by atoms with E-state index in [1.165, 1.54) is 19.2 Å². The zero-order valence-electron chi connectivity index (χ0n) is 12.5. The SMILES string of the molecule is CNC(C)CNC(=O)CCC(=O)c1ccc(OC)c(F)c1. The first-order valence-electron chi connectivity index (χ1n) is 6.78. The van der Waals surface area contributed by atoms with Crippen LogP contribution in [-0.4, -0.2) is 38.4 Å². The lowest BCUT2D eigenvalue weighted by atomic mass is 10.1. The Morgan fingerprint density at radius 2 is 2.05 bits per heavy atom. The predicted molar refractivity (Wildman–Crippen MR) is 78.0 cm³/mol. The molecule has 1 amide bonds. The van der Waals surface area contributed by atoms with E-state index in [1.807, 2.05) is 6.92 Å². The van der Waals surface area contributed by atoms with Crippen LogP contribution in [0.15, 0.2) is 18.2 Å². The highest BCUT2D eigenvalue weighted by molar-refractivity contribution is 5.98. The lowest BCUT2D eigenvalue weighted by Gasteiger charge is -2.11. The van der Waals surface area contributed by atoms with Crippen LogP contribution >= 0.6 is 0 Å². The zero-order valence-corrected chi connectivity index (χ0v) is 12.5. The van der Waals surface area contributed by atoms with Crippen molar-refractivity contribution in [3.05, 3.63) is 29.6 Å². The number of carbonyl (C=O) groups excluding carboxylic acids is 2. The van der Waals surface area contributed by atoms with Crippen molar-refractivity contribution in [2.24, 2.45) is 0 Å². The van der Waals surface area contributed by atoms with Gasteiger partial charge < -0.3 is 15.4 Å². The fraction of sp³-hybridized carbons (Fsp3) is 0.467. The Kier molecular flexibility index (Phi) is 6.81. The smallest absolute Gasteiger partial charge is 0.220 e. The second kappa shape index (κ2) is 8.36. The average molecular weight is 296 g/mol. The van der Waals surface area contributed by atoms with Crippen LogP contribution in [0.2, 0.25) is 0 Å². The minimum absolute atomic E-state index is 0.0472. The third-order valence-corrected chi connectivity index (χ3v) is 3.15. The van der Waals surface area contributed by atoms with E-state index in [2.05, 4.69) is 10.6 Å². The number of likely N-dealkylation sites (N-methyl/N-ethyl adjacent to an activating group) is 1. The summed E-state index contributed by atoms with van der Waals surface area (Å²) < 4.78 is 18.3. The number of hydrogen-bond acceptors (Lipinski definition) is 4. The molecular formula is C15H21FN2O3. The summed E-state index contributed by atoms with van der Waals surface area (Å²) in [6.45, 7) is 2.44. The van der Waals surface area contributed by atoms with Gasteiger partial charge in [0.1, 0.15) is 0 Å². The van der Waals surface area contributed by atoms with Crippen LogP contribution in [0.25, 0.3) is 0 Å². The minimum Gasteiger partial charge on any atom is -0.494 e. The van der Waals surface area contributed by atoms with Gasteiger partial charge >= 0.3 is 0 Å². The molecule has 0 aliphatic carbocycles. The zero-order chi connectivity index (χ0) is 15.8. The number of amides is 1. The highest BCUT2D eigenvalue weighted by Crippen LogP contribution is 2.18. The van der Waals surface area contributed by atoms with Gasteiger partial charge in [0, 0.05) is 31.0 Å².